The number of nitriles is 1. The number of hydrogen-bond donors (Lipinski definition) is 0. The van der Waals surface area contributed by atoms with Crippen molar-refractivity contribution in [3.63, 3.8) is 0 Å². The Bertz CT molecular complexity index is 3250. The Morgan fingerprint density at radius 3 is 1.62 bits per heavy atom. The smallest absolute Gasteiger partial charge is 0.163 e. The van der Waals surface area contributed by atoms with Gasteiger partial charge in [0.1, 0.15) is 11.6 Å². The van der Waals surface area contributed by atoms with Gasteiger partial charge < -0.3 is 9.13 Å². The Hall–Kier alpha value is -7.36. The standard InChI is InChI=1S/C50H36N6/c1-30-17-22-46-41(25-30)38-13-7-9-15-44(38)55(46)48-24-20-35(50-53-32(3)52-33(4)54-50)27-43(48)40-21-19-34(37-12-6-5-11-36(37)29-51)28-49(40)56-45-16-10-8-14-39(45)42-26-31(2)18-23-47(42)56/h5-28H,1-4H3. The average molecular weight is 721 g/mol. The molecule has 7 aromatic carbocycles. The normalized spacial score (nSPS) is 11.6. The van der Waals surface area contributed by atoms with Crippen LogP contribution in [0.25, 0.3) is 88.6 Å². The van der Waals surface area contributed by atoms with E-state index in [0.29, 0.717) is 23.0 Å². The van der Waals surface area contributed by atoms with E-state index in [1.54, 1.807) is 0 Å². The second-order valence-corrected chi connectivity index (χ2v) is 14.6. The van der Waals surface area contributed by atoms with Gasteiger partial charge in [0.15, 0.2) is 5.82 Å². The van der Waals surface area contributed by atoms with Crippen LogP contribution < -0.4 is 0 Å². The highest BCUT2D eigenvalue weighted by Crippen LogP contribution is 2.43. The first-order valence-corrected chi connectivity index (χ1v) is 18.8. The van der Waals surface area contributed by atoms with Crippen LogP contribution >= 0.6 is 0 Å². The molecule has 0 saturated heterocycles. The highest BCUT2D eigenvalue weighted by atomic mass is 15.0. The van der Waals surface area contributed by atoms with Crippen molar-refractivity contribution in [1.82, 2.24) is 24.1 Å². The minimum atomic E-state index is 0.632. The van der Waals surface area contributed by atoms with Crippen molar-refractivity contribution < 1.29 is 0 Å². The van der Waals surface area contributed by atoms with Gasteiger partial charge in [-0.15, -0.1) is 0 Å². The molecule has 10 aromatic rings. The molecule has 0 radical (unpaired) electrons. The highest BCUT2D eigenvalue weighted by Gasteiger charge is 2.23. The molecule has 266 valence electrons. The van der Waals surface area contributed by atoms with Crippen molar-refractivity contribution >= 4 is 43.6 Å². The van der Waals surface area contributed by atoms with Crippen LogP contribution in [0.3, 0.4) is 0 Å². The van der Waals surface area contributed by atoms with Gasteiger partial charge in [0.2, 0.25) is 0 Å². The minimum absolute atomic E-state index is 0.632. The van der Waals surface area contributed by atoms with Crippen LogP contribution in [0.1, 0.15) is 28.3 Å². The number of fused-ring (bicyclic) bond motifs is 6. The van der Waals surface area contributed by atoms with Crippen molar-refractivity contribution in [1.29, 1.82) is 5.26 Å². The van der Waals surface area contributed by atoms with E-state index in [9.17, 15) is 5.26 Å². The molecule has 0 aliphatic rings. The second kappa shape index (κ2) is 12.9. The quantitative estimate of drug-likeness (QED) is 0.177. The number of aromatic nitrogens is 5. The van der Waals surface area contributed by atoms with Crippen LogP contribution in [0.2, 0.25) is 0 Å². The molecule has 3 heterocycles. The van der Waals surface area contributed by atoms with Gasteiger partial charge in [-0.2, -0.15) is 5.26 Å². The Morgan fingerprint density at radius 2 is 0.982 bits per heavy atom. The van der Waals surface area contributed by atoms with Gasteiger partial charge in [0, 0.05) is 38.2 Å². The Morgan fingerprint density at radius 1 is 0.429 bits per heavy atom. The number of benzene rings is 7. The van der Waals surface area contributed by atoms with E-state index in [0.717, 1.165) is 61.3 Å². The molecule has 10 rings (SSSR count). The molecule has 6 nitrogen and oxygen atoms in total. The fourth-order valence-electron chi connectivity index (χ4n) is 8.47. The number of hydrogen-bond acceptors (Lipinski definition) is 4. The number of nitrogens with zero attached hydrogens (tertiary/aromatic N) is 6. The first-order chi connectivity index (χ1) is 27.4. The van der Waals surface area contributed by atoms with Gasteiger partial charge in [-0.1, -0.05) is 90.0 Å². The maximum absolute atomic E-state index is 10.2. The van der Waals surface area contributed by atoms with Gasteiger partial charge in [0.25, 0.3) is 0 Å². The molecule has 0 amide bonds. The van der Waals surface area contributed by atoms with E-state index in [-0.39, 0.29) is 0 Å². The lowest BCUT2D eigenvalue weighted by Gasteiger charge is -2.21. The van der Waals surface area contributed by atoms with Crippen LogP contribution in [0.15, 0.2) is 146 Å². The van der Waals surface area contributed by atoms with Crippen molar-refractivity contribution in [3.05, 3.63) is 174 Å². The van der Waals surface area contributed by atoms with Crippen molar-refractivity contribution in [2.45, 2.75) is 27.7 Å². The predicted molar refractivity (Wildman–Crippen MR) is 228 cm³/mol. The summed E-state index contributed by atoms with van der Waals surface area (Å²) >= 11 is 0. The molecule has 0 aliphatic heterocycles. The largest absolute Gasteiger partial charge is 0.309 e. The zero-order chi connectivity index (χ0) is 38.1. The molecule has 0 saturated carbocycles. The number of rotatable bonds is 5. The van der Waals surface area contributed by atoms with E-state index in [1.165, 1.54) is 32.7 Å². The molecule has 0 fully saturated rings. The van der Waals surface area contributed by atoms with Gasteiger partial charge in [-0.05, 0) is 106 Å². The third kappa shape index (κ3) is 5.28. The minimum Gasteiger partial charge on any atom is -0.309 e. The lowest BCUT2D eigenvalue weighted by molar-refractivity contribution is 0.928. The zero-order valence-corrected chi connectivity index (χ0v) is 31.5. The van der Waals surface area contributed by atoms with E-state index in [2.05, 4.69) is 155 Å². The van der Waals surface area contributed by atoms with E-state index in [4.69, 9.17) is 9.97 Å². The summed E-state index contributed by atoms with van der Waals surface area (Å²) in [5.74, 6) is 1.99. The van der Waals surface area contributed by atoms with Crippen molar-refractivity contribution in [2.75, 3.05) is 0 Å². The lowest BCUT2D eigenvalue weighted by Crippen LogP contribution is -2.04. The molecule has 0 bridgehead atoms. The molecule has 3 aromatic heterocycles. The summed E-state index contributed by atoms with van der Waals surface area (Å²) in [6.07, 6.45) is 0. The van der Waals surface area contributed by atoms with Gasteiger partial charge in [-0.25, -0.2) is 15.0 Å². The van der Waals surface area contributed by atoms with Crippen LogP contribution in [0, 0.1) is 39.0 Å². The lowest BCUT2D eigenvalue weighted by atomic mass is 9.93. The van der Waals surface area contributed by atoms with E-state index < -0.39 is 0 Å². The SMILES string of the molecule is Cc1ccc2c(c1)c1ccccc1n2-c1ccc(-c2nc(C)nc(C)n2)cc1-c1ccc(-c2ccccc2C#N)cc1-n1c2ccccc2c2cc(C)ccc21. The molecule has 0 aliphatic carbocycles. The summed E-state index contributed by atoms with van der Waals surface area (Å²) in [6, 6.07) is 54.1. The van der Waals surface area contributed by atoms with Crippen LogP contribution in [-0.2, 0) is 0 Å². The predicted octanol–water partition coefficient (Wildman–Crippen LogP) is 12.2. The van der Waals surface area contributed by atoms with Crippen molar-refractivity contribution in [3.8, 4) is 51.1 Å². The topological polar surface area (TPSA) is 72.3 Å². The van der Waals surface area contributed by atoms with Crippen LogP contribution in [0.5, 0.6) is 0 Å². The Balaban J connectivity index is 1.36. The second-order valence-electron chi connectivity index (χ2n) is 14.6. The van der Waals surface area contributed by atoms with Crippen molar-refractivity contribution in [2.24, 2.45) is 0 Å². The summed E-state index contributed by atoms with van der Waals surface area (Å²) in [4.78, 5) is 14.1. The Labute approximate surface area is 324 Å². The number of para-hydroxylation sites is 2. The molecule has 6 heteroatoms. The van der Waals surface area contributed by atoms with Gasteiger partial charge in [0.05, 0.1) is 45.1 Å². The molecule has 0 N–H and O–H groups in total. The first kappa shape index (κ1) is 33.2. The van der Waals surface area contributed by atoms with Gasteiger partial charge in [-0.3, -0.25) is 0 Å². The third-order valence-electron chi connectivity index (χ3n) is 10.9. The molecular weight excluding hydrogens is 685 g/mol. The summed E-state index contributed by atoms with van der Waals surface area (Å²) in [5.41, 5.74) is 14.4. The number of aryl methyl sites for hydroxylation is 4. The van der Waals surface area contributed by atoms with E-state index in [1.807, 2.05) is 38.1 Å². The average Bonchev–Trinajstić information content (AvgIpc) is 3.72. The molecule has 56 heavy (non-hydrogen) atoms. The fraction of sp³-hybridized carbons (Fsp3) is 0.0800. The first-order valence-electron chi connectivity index (χ1n) is 18.8. The third-order valence-corrected chi connectivity index (χ3v) is 10.9. The monoisotopic (exact) mass is 720 g/mol. The summed E-state index contributed by atoms with van der Waals surface area (Å²) in [6.45, 7) is 8.11. The fourth-order valence-corrected chi connectivity index (χ4v) is 8.47. The van der Waals surface area contributed by atoms with Gasteiger partial charge >= 0.3 is 0 Å². The maximum atomic E-state index is 10.2. The van der Waals surface area contributed by atoms with E-state index >= 15 is 0 Å². The molecule has 0 unspecified atom stereocenters. The zero-order valence-electron chi connectivity index (χ0n) is 31.5. The maximum Gasteiger partial charge on any atom is 0.163 e. The summed E-state index contributed by atoms with van der Waals surface area (Å²) < 4.78 is 4.78. The molecule has 0 atom stereocenters. The summed E-state index contributed by atoms with van der Waals surface area (Å²) in [5, 5.41) is 15.0. The molecular formula is C50H36N6. The van der Waals surface area contributed by atoms with Crippen LogP contribution in [-0.4, -0.2) is 24.1 Å². The van der Waals surface area contributed by atoms with Crippen LogP contribution in [0.4, 0.5) is 0 Å². The molecule has 0 spiro atoms. The summed E-state index contributed by atoms with van der Waals surface area (Å²) in [7, 11) is 0. The highest BCUT2D eigenvalue weighted by molar-refractivity contribution is 6.12. The Kier molecular flexibility index (Phi) is 7.65.